The Balaban J connectivity index is 0.00000169. The Morgan fingerprint density at radius 3 is 2.62 bits per heavy atom. The Labute approximate surface area is 168 Å². The summed E-state index contributed by atoms with van der Waals surface area (Å²) in [6.45, 7) is 6.63. The minimum atomic E-state index is 0. The zero-order chi connectivity index (χ0) is 16.8. The highest BCUT2D eigenvalue weighted by atomic mass is 35.5. The van der Waals surface area contributed by atoms with Crippen molar-refractivity contribution in [3.63, 3.8) is 0 Å². The number of rotatable bonds is 6. The molecule has 0 radical (unpaired) electrons. The van der Waals surface area contributed by atoms with Gasteiger partial charge >= 0.3 is 0 Å². The lowest BCUT2D eigenvalue weighted by molar-refractivity contribution is -0.593. The number of piperidine rings is 1. The first kappa shape index (κ1) is 22.6. The Morgan fingerprint density at radius 1 is 1.15 bits per heavy atom. The van der Waals surface area contributed by atoms with E-state index < -0.39 is 0 Å². The number of hydrogen-bond donors (Lipinski definition) is 0. The average Bonchev–Trinajstić information content (AvgIpc) is 2.60. The topological polar surface area (TPSA) is 39.4 Å². The molecular formula is C20H28Cl2N2O2. The highest BCUT2D eigenvalue weighted by Gasteiger charge is 2.15. The summed E-state index contributed by atoms with van der Waals surface area (Å²) in [6, 6.07) is 13.2. The molecule has 4 nitrogen and oxygen atoms in total. The van der Waals surface area contributed by atoms with Crippen LogP contribution in [0.15, 0.2) is 48.7 Å². The Kier molecular flexibility index (Phi) is 9.78. The lowest BCUT2D eigenvalue weighted by Crippen LogP contribution is -2.35. The minimum Gasteiger partial charge on any atom is -0.618 e. The molecule has 1 aliphatic rings. The molecule has 1 unspecified atom stereocenters. The van der Waals surface area contributed by atoms with Gasteiger partial charge in [0.2, 0.25) is 5.69 Å². The number of pyridine rings is 1. The third kappa shape index (κ3) is 6.35. The van der Waals surface area contributed by atoms with Crippen molar-refractivity contribution in [1.29, 1.82) is 0 Å². The molecule has 1 aromatic heterocycles. The predicted molar refractivity (Wildman–Crippen MR) is 110 cm³/mol. The fraction of sp³-hybridized carbons (Fsp3) is 0.450. The van der Waals surface area contributed by atoms with E-state index in [-0.39, 0.29) is 24.8 Å². The first-order valence-corrected chi connectivity index (χ1v) is 8.86. The van der Waals surface area contributed by atoms with E-state index in [1.807, 2.05) is 36.4 Å². The van der Waals surface area contributed by atoms with Crippen LogP contribution < -0.4 is 9.47 Å². The van der Waals surface area contributed by atoms with Gasteiger partial charge in [0.25, 0.3) is 0 Å². The van der Waals surface area contributed by atoms with Crippen molar-refractivity contribution in [2.24, 2.45) is 5.92 Å². The fourth-order valence-electron chi connectivity index (χ4n) is 3.34. The molecule has 2 aromatic rings. The average molecular weight is 399 g/mol. The second kappa shape index (κ2) is 11.3. The number of benzene rings is 1. The lowest BCUT2D eigenvalue weighted by atomic mass is 10.0. The van der Waals surface area contributed by atoms with Gasteiger partial charge in [-0.2, -0.15) is 4.73 Å². The fourth-order valence-corrected chi connectivity index (χ4v) is 3.34. The first-order chi connectivity index (χ1) is 11.7. The smallest absolute Gasteiger partial charge is 0.223 e. The molecule has 1 fully saturated rings. The van der Waals surface area contributed by atoms with Gasteiger partial charge in [-0.05, 0) is 62.1 Å². The molecule has 1 saturated heterocycles. The van der Waals surface area contributed by atoms with E-state index in [2.05, 4.69) is 11.8 Å². The molecule has 0 bridgehead atoms. The normalized spacial score (nSPS) is 17.0. The maximum atomic E-state index is 11.8. The summed E-state index contributed by atoms with van der Waals surface area (Å²) in [5.74, 6) is 1.69. The van der Waals surface area contributed by atoms with E-state index in [0.717, 1.165) is 41.5 Å². The number of hydrogen-bond acceptors (Lipinski definition) is 3. The summed E-state index contributed by atoms with van der Waals surface area (Å²) in [5.41, 5.74) is 1.56. The summed E-state index contributed by atoms with van der Waals surface area (Å²) in [6.07, 6.45) is 5.25. The van der Waals surface area contributed by atoms with Gasteiger partial charge in [0.1, 0.15) is 5.75 Å². The van der Waals surface area contributed by atoms with E-state index in [1.165, 1.54) is 32.1 Å². The van der Waals surface area contributed by atoms with Crippen LogP contribution in [0.2, 0.25) is 0 Å². The first-order valence-electron chi connectivity index (χ1n) is 8.86. The summed E-state index contributed by atoms with van der Waals surface area (Å²) in [5, 5.41) is 11.8. The summed E-state index contributed by atoms with van der Waals surface area (Å²) >= 11 is 0. The van der Waals surface area contributed by atoms with Crippen LogP contribution in [-0.2, 0) is 0 Å². The van der Waals surface area contributed by atoms with Crippen molar-refractivity contribution < 1.29 is 9.47 Å². The van der Waals surface area contributed by atoms with Crippen LogP contribution in [-0.4, -0.2) is 31.1 Å². The van der Waals surface area contributed by atoms with Gasteiger partial charge in [0, 0.05) is 30.8 Å². The number of aromatic nitrogens is 1. The molecule has 0 N–H and O–H groups in total. The van der Waals surface area contributed by atoms with E-state index in [1.54, 1.807) is 6.07 Å². The third-order valence-corrected chi connectivity index (χ3v) is 4.60. The van der Waals surface area contributed by atoms with Crippen LogP contribution in [0.1, 0.15) is 26.2 Å². The van der Waals surface area contributed by atoms with Crippen molar-refractivity contribution in [2.75, 3.05) is 26.2 Å². The van der Waals surface area contributed by atoms with Gasteiger partial charge < -0.3 is 14.8 Å². The van der Waals surface area contributed by atoms with Gasteiger partial charge in [-0.15, -0.1) is 24.8 Å². The Morgan fingerprint density at radius 2 is 1.92 bits per heavy atom. The minimum absolute atomic E-state index is 0. The standard InChI is InChI=1S/C20H26N2O2.2ClH/c1-17-6-4-12-21(16-17)13-5-15-24-19-10-8-18(9-11-19)20-7-2-3-14-22(20)23;;/h2-3,7-11,14,17H,4-6,12-13,15-16H2,1H3;2*1H. The highest BCUT2D eigenvalue weighted by molar-refractivity contribution is 5.85. The third-order valence-electron chi connectivity index (χ3n) is 4.60. The molecule has 0 aliphatic carbocycles. The molecule has 0 saturated carbocycles. The maximum Gasteiger partial charge on any atom is 0.223 e. The lowest BCUT2D eigenvalue weighted by Gasteiger charge is -2.30. The number of halogens is 2. The van der Waals surface area contributed by atoms with Gasteiger partial charge in [-0.25, -0.2) is 0 Å². The summed E-state index contributed by atoms with van der Waals surface area (Å²) in [7, 11) is 0. The highest BCUT2D eigenvalue weighted by Crippen LogP contribution is 2.20. The maximum absolute atomic E-state index is 11.8. The molecule has 144 valence electrons. The second-order valence-electron chi connectivity index (χ2n) is 6.69. The van der Waals surface area contributed by atoms with Crippen LogP contribution in [0, 0.1) is 11.1 Å². The molecule has 0 spiro atoms. The van der Waals surface area contributed by atoms with Crippen LogP contribution in [0.5, 0.6) is 5.75 Å². The van der Waals surface area contributed by atoms with Crippen molar-refractivity contribution in [3.05, 3.63) is 53.9 Å². The molecule has 1 aromatic carbocycles. The molecule has 6 heteroatoms. The van der Waals surface area contributed by atoms with Crippen LogP contribution in [0.25, 0.3) is 11.3 Å². The largest absolute Gasteiger partial charge is 0.618 e. The van der Waals surface area contributed by atoms with Crippen LogP contribution in [0.3, 0.4) is 0 Å². The molecule has 0 amide bonds. The van der Waals surface area contributed by atoms with E-state index in [9.17, 15) is 5.21 Å². The van der Waals surface area contributed by atoms with E-state index >= 15 is 0 Å². The number of likely N-dealkylation sites (tertiary alicyclic amines) is 1. The van der Waals surface area contributed by atoms with Gasteiger partial charge in [-0.1, -0.05) is 6.92 Å². The monoisotopic (exact) mass is 398 g/mol. The molecule has 3 rings (SSSR count). The summed E-state index contributed by atoms with van der Waals surface area (Å²) in [4.78, 5) is 2.54. The number of ether oxygens (including phenoxy) is 1. The molecule has 2 heterocycles. The zero-order valence-electron chi connectivity index (χ0n) is 15.2. The van der Waals surface area contributed by atoms with Crippen molar-refractivity contribution in [2.45, 2.75) is 26.2 Å². The summed E-state index contributed by atoms with van der Waals surface area (Å²) < 4.78 is 6.72. The Bertz CT molecular complexity index is 653. The van der Waals surface area contributed by atoms with Crippen molar-refractivity contribution in [3.8, 4) is 17.0 Å². The van der Waals surface area contributed by atoms with E-state index in [4.69, 9.17) is 4.74 Å². The zero-order valence-corrected chi connectivity index (χ0v) is 16.8. The second-order valence-corrected chi connectivity index (χ2v) is 6.69. The SMILES string of the molecule is CC1CCCN(CCCOc2ccc(-c3cccc[n+]3[O-])cc2)C1.Cl.Cl. The van der Waals surface area contributed by atoms with E-state index in [0.29, 0.717) is 5.69 Å². The molecular weight excluding hydrogens is 371 g/mol. The van der Waals surface area contributed by atoms with Crippen LogP contribution in [0.4, 0.5) is 0 Å². The predicted octanol–water partition coefficient (Wildman–Crippen LogP) is 4.33. The van der Waals surface area contributed by atoms with Crippen molar-refractivity contribution in [1.82, 2.24) is 4.90 Å². The van der Waals surface area contributed by atoms with Gasteiger partial charge in [0.15, 0.2) is 6.20 Å². The number of nitrogens with zero attached hydrogens (tertiary/aromatic N) is 2. The quantitative estimate of drug-likeness (QED) is 0.412. The Hall–Kier alpha value is -1.49. The van der Waals surface area contributed by atoms with Gasteiger partial charge in [-0.3, -0.25) is 0 Å². The molecule has 1 atom stereocenters. The van der Waals surface area contributed by atoms with Crippen molar-refractivity contribution >= 4 is 24.8 Å². The molecule has 26 heavy (non-hydrogen) atoms. The van der Waals surface area contributed by atoms with Crippen LogP contribution >= 0.6 is 24.8 Å². The van der Waals surface area contributed by atoms with Gasteiger partial charge in [0.05, 0.1) is 6.61 Å². The molecule has 1 aliphatic heterocycles.